The lowest BCUT2D eigenvalue weighted by Crippen LogP contribution is -2.29. The number of halogens is 1. The van der Waals surface area contributed by atoms with E-state index in [2.05, 4.69) is 25.6 Å². The van der Waals surface area contributed by atoms with Crippen molar-refractivity contribution in [2.24, 2.45) is 0 Å². The number of anilines is 1. The number of nitrogens with one attached hydrogen (secondary N) is 2. The van der Waals surface area contributed by atoms with Crippen molar-refractivity contribution in [3.8, 4) is 11.4 Å². The summed E-state index contributed by atoms with van der Waals surface area (Å²) in [7, 11) is 0. The summed E-state index contributed by atoms with van der Waals surface area (Å²) in [5, 5.41) is 17.2. The van der Waals surface area contributed by atoms with Crippen molar-refractivity contribution in [3.63, 3.8) is 0 Å². The van der Waals surface area contributed by atoms with E-state index in [-0.39, 0.29) is 16.6 Å². The summed E-state index contributed by atoms with van der Waals surface area (Å²) in [5.41, 5.74) is 8.39. The van der Waals surface area contributed by atoms with E-state index in [1.54, 1.807) is 36.4 Å². The molecule has 0 aliphatic heterocycles. The van der Waals surface area contributed by atoms with Gasteiger partial charge in [0.25, 0.3) is 5.91 Å². The van der Waals surface area contributed by atoms with Gasteiger partial charge in [0.2, 0.25) is 0 Å². The average molecular weight is 491 g/mol. The zero-order chi connectivity index (χ0) is 24.4. The van der Waals surface area contributed by atoms with Gasteiger partial charge < -0.3 is 9.67 Å². The molecular formula is C25H23ClN6O3. The molecular weight excluding hydrogens is 468 g/mol. The summed E-state index contributed by atoms with van der Waals surface area (Å²) in [6.07, 6.45) is 5.64. The Bertz CT molecular complexity index is 1380. The minimum Gasteiger partial charge on any atom is -0.478 e. The van der Waals surface area contributed by atoms with Crippen LogP contribution in [0.25, 0.3) is 22.4 Å². The maximum absolute atomic E-state index is 12.6. The smallest absolute Gasteiger partial charge is 0.335 e. The lowest BCUT2D eigenvalue weighted by Gasteiger charge is -2.25. The van der Waals surface area contributed by atoms with Crippen molar-refractivity contribution < 1.29 is 14.7 Å². The molecule has 1 aliphatic rings. The molecule has 4 aromatic rings. The number of fused-ring (bicyclic) bond motifs is 1. The molecule has 3 N–H and O–H groups in total. The molecule has 2 aromatic carbocycles. The molecule has 35 heavy (non-hydrogen) atoms. The topological polar surface area (TPSA) is 122 Å². The highest BCUT2D eigenvalue weighted by Crippen LogP contribution is 2.36. The van der Waals surface area contributed by atoms with Gasteiger partial charge in [-0.05, 0) is 55.3 Å². The number of carboxylic acids is 1. The van der Waals surface area contributed by atoms with Gasteiger partial charge in [-0.15, -0.1) is 10.2 Å². The second-order valence-electron chi connectivity index (χ2n) is 8.50. The van der Waals surface area contributed by atoms with Crippen LogP contribution < -0.4 is 10.9 Å². The van der Waals surface area contributed by atoms with Gasteiger partial charge in [0.15, 0.2) is 11.0 Å². The number of imidazole rings is 1. The Balaban J connectivity index is 1.43. The van der Waals surface area contributed by atoms with Gasteiger partial charge in [0.05, 0.1) is 16.6 Å². The van der Waals surface area contributed by atoms with Crippen LogP contribution in [0, 0.1) is 0 Å². The van der Waals surface area contributed by atoms with Gasteiger partial charge in [0.1, 0.15) is 5.82 Å². The van der Waals surface area contributed by atoms with Gasteiger partial charge >= 0.3 is 5.97 Å². The molecule has 5 rings (SSSR count). The second kappa shape index (κ2) is 9.71. The van der Waals surface area contributed by atoms with Crippen molar-refractivity contribution >= 4 is 40.3 Å². The average Bonchev–Trinajstić information content (AvgIpc) is 3.27. The monoisotopic (exact) mass is 490 g/mol. The third kappa shape index (κ3) is 4.81. The lowest BCUT2D eigenvalue weighted by atomic mass is 9.94. The van der Waals surface area contributed by atoms with Crippen molar-refractivity contribution in [2.45, 2.75) is 38.1 Å². The van der Waals surface area contributed by atoms with E-state index in [4.69, 9.17) is 16.6 Å². The number of hydrogen-bond donors (Lipinski definition) is 3. The normalized spacial score (nSPS) is 14.1. The van der Waals surface area contributed by atoms with Crippen molar-refractivity contribution in [1.82, 2.24) is 25.2 Å². The summed E-state index contributed by atoms with van der Waals surface area (Å²) in [4.78, 5) is 28.9. The van der Waals surface area contributed by atoms with Crippen LogP contribution in [0.1, 0.15) is 58.9 Å². The highest BCUT2D eigenvalue weighted by molar-refractivity contribution is 6.29. The minimum absolute atomic E-state index is 0.210. The first kappa shape index (κ1) is 22.8. The minimum atomic E-state index is -0.978. The Hall–Kier alpha value is -3.98. The maximum Gasteiger partial charge on any atom is 0.335 e. The summed E-state index contributed by atoms with van der Waals surface area (Å²) < 4.78 is 2.23. The molecule has 0 atom stereocenters. The predicted molar refractivity (Wildman–Crippen MR) is 132 cm³/mol. The van der Waals surface area contributed by atoms with E-state index in [9.17, 15) is 14.7 Å². The highest BCUT2D eigenvalue weighted by Gasteiger charge is 2.23. The molecule has 1 saturated carbocycles. The van der Waals surface area contributed by atoms with E-state index in [1.807, 2.05) is 18.2 Å². The Morgan fingerprint density at radius 3 is 2.37 bits per heavy atom. The van der Waals surface area contributed by atoms with E-state index in [0.29, 0.717) is 22.9 Å². The van der Waals surface area contributed by atoms with E-state index in [0.717, 1.165) is 42.6 Å². The number of amides is 1. The van der Waals surface area contributed by atoms with Gasteiger partial charge in [-0.2, -0.15) is 0 Å². The number of nitrogens with zero attached hydrogens (tertiary/aromatic N) is 4. The van der Waals surface area contributed by atoms with Crippen LogP contribution in [0.3, 0.4) is 0 Å². The Morgan fingerprint density at radius 1 is 0.943 bits per heavy atom. The van der Waals surface area contributed by atoms with Gasteiger partial charge in [-0.25, -0.2) is 9.78 Å². The Labute approximate surface area is 206 Å². The molecule has 0 radical (unpaired) electrons. The molecule has 1 fully saturated rings. The molecule has 0 unspecified atom stereocenters. The van der Waals surface area contributed by atoms with Crippen LogP contribution >= 0.6 is 11.6 Å². The molecule has 2 aromatic heterocycles. The van der Waals surface area contributed by atoms with Crippen LogP contribution in [-0.4, -0.2) is 36.7 Å². The molecule has 1 amide bonds. The van der Waals surface area contributed by atoms with Gasteiger partial charge in [0, 0.05) is 17.2 Å². The molecule has 178 valence electrons. The maximum atomic E-state index is 12.6. The van der Waals surface area contributed by atoms with Gasteiger partial charge in [-0.1, -0.05) is 43.0 Å². The summed E-state index contributed by atoms with van der Waals surface area (Å²) in [6.45, 7) is 0. The first-order valence-electron chi connectivity index (χ1n) is 11.4. The zero-order valence-electron chi connectivity index (χ0n) is 18.7. The number of aromatic carboxylic acids is 1. The third-order valence-electron chi connectivity index (χ3n) is 6.22. The van der Waals surface area contributed by atoms with E-state index < -0.39 is 5.97 Å². The number of rotatable bonds is 6. The van der Waals surface area contributed by atoms with E-state index in [1.165, 1.54) is 6.42 Å². The molecule has 2 heterocycles. The number of hydrazine groups is 1. The van der Waals surface area contributed by atoms with Crippen LogP contribution in [0.2, 0.25) is 5.15 Å². The highest BCUT2D eigenvalue weighted by atomic mass is 35.5. The summed E-state index contributed by atoms with van der Waals surface area (Å²) in [5.74, 6) is -0.174. The lowest BCUT2D eigenvalue weighted by molar-refractivity contribution is 0.0696. The summed E-state index contributed by atoms with van der Waals surface area (Å²) in [6, 6.07) is 15.7. The quantitative estimate of drug-likeness (QED) is 0.321. The first-order valence-corrected chi connectivity index (χ1v) is 11.8. The summed E-state index contributed by atoms with van der Waals surface area (Å²) >= 11 is 5.72. The SMILES string of the molecule is O=C(O)c1ccc2c(c1)nc(-c1ccc(C(=O)NNc3ccc(Cl)nn3)cc1)n2C1CCCCC1. The standard InChI is InChI=1S/C25H23ClN6O3/c26-21-12-13-22(29-28-21)30-31-24(33)16-8-6-15(7-9-16)23-27-19-14-17(25(34)35)10-11-20(19)32(23)18-4-2-1-3-5-18/h6-14,18H,1-5H2,(H,29,30)(H,31,33)(H,34,35). The van der Waals surface area contributed by atoms with Crippen molar-refractivity contribution in [2.75, 3.05) is 5.43 Å². The molecule has 9 nitrogen and oxygen atoms in total. The van der Waals surface area contributed by atoms with Crippen molar-refractivity contribution in [1.29, 1.82) is 0 Å². The number of carbonyl (C=O) groups excluding carboxylic acids is 1. The van der Waals surface area contributed by atoms with Crippen LogP contribution in [0.15, 0.2) is 54.6 Å². The molecule has 0 bridgehead atoms. The molecule has 0 saturated heterocycles. The third-order valence-corrected chi connectivity index (χ3v) is 6.42. The second-order valence-corrected chi connectivity index (χ2v) is 8.89. The fourth-order valence-corrected chi connectivity index (χ4v) is 4.59. The fourth-order valence-electron chi connectivity index (χ4n) is 4.49. The van der Waals surface area contributed by atoms with Gasteiger partial charge in [-0.3, -0.25) is 15.6 Å². The van der Waals surface area contributed by atoms with Crippen LogP contribution in [0.5, 0.6) is 0 Å². The molecule has 10 heteroatoms. The Morgan fingerprint density at radius 2 is 1.69 bits per heavy atom. The first-order chi connectivity index (χ1) is 17.0. The molecule has 0 spiro atoms. The number of carboxylic acid groups (broad SMARTS) is 1. The van der Waals surface area contributed by atoms with Crippen LogP contribution in [0.4, 0.5) is 5.82 Å². The zero-order valence-corrected chi connectivity index (χ0v) is 19.5. The Kier molecular flexibility index (Phi) is 6.33. The number of benzene rings is 2. The number of aromatic nitrogens is 4. The predicted octanol–water partition coefficient (Wildman–Crippen LogP) is 5.11. The fraction of sp³-hybridized carbons (Fsp3) is 0.240. The van der Waals surface area contributed by atoms with E-state index >= 15 is 0 Å². The number of carbonyl (C=O) groups is 2. The number of hydrogen-bond acceptors (Lipinski definition) is 6. The van der Waals surface area contributed by atoms with Crippen LogP contribution in [-0.2, 0) is 0 Å². The molecule has 1 aliphatic carbocycles. The van der Waals surface area contributed by atoms with Crippen molar-refractivity contribution in [3.05, 3.63) is 70.9 Å². The largest absolute Gasteiger partial charge is 0.478 e.